The second-order valence-corrected chi connectivity index (χ2v) is 11.6. The number of rotatable bonds is 8. The van der Waals surface area contributed by atoms with Crippen molar-refractivity contribution in [3.63, 3.8) is 0 Å². The van der Waals surface area contributed by atoms with Crippen LogP contribution in [0.4, 0.5) is 16.2 Å². The van der Waals surface area contributed by atoms with Crippen LogP contribution in [0.2, 0.25) is 0 Å². The van der Waals surface area contributed by atoms with Crippen LogP contribution in [0.5, 0.6) is 0 Å². The molecule has 2 aromatic carbocycles. The summed E-state index contributed by atoms with van der Waals surface area (Å²) in [5.74, 6) is 0.00432. The zero-order chi connectivity index (χ0) is 27.3. The maximum absolute atomic E-state index is 13.4. The molecule has 0 fully saturated rings. The first kappa shape index (κ1) is 27.7. The van der Waals surface area contributed by atoms with Crippen LogP contribution < -0.4 is 9.80 Å². The first-order valence-electron chi connectivity index (χ1n) is 12.9. The number of carbonyl (C=O) groups excluding carboxylic acids is 2. The Bertz CT molecular complexity index is 1240. The van der Waals surface area contributed by atoms with Crippen molar-refractivity contribution >= 4 is 34.7 Å². The summed E-state index contributed by atoms with van der Waals surface area (Å²) in [5, 5.41) is 2.03. The van der Waals surface area contributed by atoms with Crippen molar-refractivity contribution in [2.45, 2.75) is 45.5 Å². The molecule has 1 atom stereocenters. The molecule has 7 nitrogen and oxygen atoms in total. The van der Waals surface area contributed by atoms with Crippen molar-refractivity contribution in [3.05, 3.63) is 82.0 Å². The van der Waals surface area contributed by atoms with E-state index in [-0.39, 0.29) is 18.1 Å². The van der Waals surface area contributed by atoms with Crippen molar-refractivity contribution < 1.29 is 19.1 Å². The van der Waals surface area contributed by atoms with E-state index in [9.17, 15) is 9.59 Å². The van der Waals surface area contributed by atoms with Crippen molar-refractivity contribution in [1.82, 2.24) is 4.90 Å². The molecule has 1 aliphatic heterocycles. The first-order valence-corrected chi connectivity index (χ1v) is 13.8. The summed E-state index contributed by atoms with van der Waals surface area (Å²) >= 11 is 1.64. The Balaban J connectivity index is 1.44. The van der Waals surface area contributed by atoms with Crippen molar-refractivity contribution in [1.29, 1.82) is 0 Å². The molecule has 0 saturated carbocycles. The SMILES string of the molecule is CN(CC[C@@H](OCc1cccc(N2CCN(C)c3ccccc3C2=O)c1)c1cccs1)C(=O)OC(C)(C)C. The monoisotopic (exact) mass is 535 g/mol. The molecule has 8 heteroatoms. The number of likely N-dealkylation sites (N-methyl/N-ethyl adjacent to an activating group) is 1. The first-order chi connectivity index (χ1) is 18.1. The van der Waals surface area contributed by atoms with E-state index in [1.807, 2.05) is 92.7 Å². The van der Waals surface area contributed by atoms with Gasteiger partial charge in [-0.05, 0) is 68.5 Å². The standard InChI is InChI=1S/C30H37N3O4S/c1-30(2,3)37-29(35)32(5)16-15-26(27-14-9-19-38-27)36-21-22-10-8-11-23(20-22)33-18-17-31(4)25-13-7-6-12-24(25)28(33)34/h6-14,19-20,26H,15-18,21H2,1-5H3/t26-/m1/s1. The van der Waals surface area contributed by atoms with Gasteiger partial charge in [0.25, 0.3) is 5.91 Å². The fourth-order valence-electron chi connectivity index (χ4n) is 4.39. The van der Waals surface area contributed by atoms with Crippen LogP contribution >= 0.6 is 11.3 Å². The van der Waals surface area contributed by atoms with E-state index in [0.29, 0.717) is 31.7 Å². The minimum atomic E-state index is -0.535. The number of para-hydroxylation sites is 1. The lowest BCUT2D eigenvalue weighted by Gasteiger charge is -2.26. The maximum atomic E-state index is 13.4. The Hall–Kier alpha value is -3.36. The van der Waals surface area contributed by atoms with Gasteiger partial charge in [0.05, 0.1) is 18.3 Å². The molecule has 38 heavy (non-hydrogen) atoms. The highest BCUT2D eigenvalue weighted by molar-refractivity contribution is 7.10. The van der Waals surface area contributed by atoms with E-state index >= 15 is 0 Å². The van der Waals surface area contributed by atoms with Crippen molar-refractivity contribution in [2.75, 3.05) is 43.5 Å². The number of amides is 2. The van der Waals surface area contributed by atoms with Gasteiger partial charge in [-0.15, -0.1) is 11.3 Å². The molecular weight excluding hydrogens is 498 g/mol. The molecule has 3 aromatic rings. The van der Waals surface area contributed by atoms with Crippen LogP contribution in [-0.4, -0.2) is 56.2 Å². The zero-order valence-electron chi connectivity index (χ0n) is 22.8. The average molecular weight is 536 g/mol. The number of hydrogen-bond donors (Lipinski definition) is 0. The number of hydrogen-bond acceptors (Lipinski definition) is 6. The molecular formula is C30H37N3O4S. The third kappa shape index (κ3) is 6.94. The molecule has 0 N–H and O–H groups in total. The van der Waals surface area contributed by atoms with Crippen LogP contribution in [0.15, 0.2) is 66.0 Å². The predicted octanol–water partition coefficient (Wildman–Crippen LogP) is 6.36. The van der Waals surface area contributed by atoms with Crippen molar-refractivity contribution in [3.8, 4) is 0 Å². The van der Waals surface area contributed by atoms with Crippen LogP contribution in [0, 0.1) is 0 Å². The van der Waals surface area contributed by atoms with Crippen LogP contribution in [0.25, 0.3) is 0 Å². The zero-order valence-corrected chi connectivity index (χ0v) is 23.7. The van der Waals surface area contributed by atoms with E-state index in [1.54, 1.807) is 23.3 Å². The minimum absolute atomic E-state index is 0.00432. The van der Waals surface area contributed by atoms with Crippen molar-refractivity contribution in [2.24, 2.45) is 0 Å². The smallest absolute Gasteiger partial charge is 0.410 e. The van der Waals surface area contributed by atoms with E-state index in [1.165, 1.54) is 0 Å². The fourth-order valence-corrected chi connectivity index (χ4v) is 5.20. The molecule has 0 unspecified atom stereocenters. The normalized spacial score (nSPS) is 14.6. The Morgan fingerprint density at radius 2 is 1.87 bits per heavy atom. The van der Waals surface area contributed by atoms with Gasteiger partial charge in [-0.3, -0.25) is 4.79 Å². The molecule has 0 saturated heterocycles. The maximum Gasteiger partial charge on any atom is 0.410 e. The third-order valence-corrected chi connectivity index (χ3v) is 7.38. The number of fused-ring (bicyclic) bond motifs is 1. The summed E-state index contributed by atoms with van der Waals surface area (Å²) < 4.78 is 11.9. The minimum Gasteiger partial charge on any atom is -0.444 e. The Labute approximate surface area is 229 Å². The lowest BCUT2D eigenvalue weighted by atomic mass is 10.1. The lowest BCUT2D eigenvalue weighted by Crippen LogP contribution is -2.35. The van der Waals surface area contributed by atoms with Gasteiger partial charge in [0, 0.05) is 50.0 Å². The number of anilines is 2. The van der Waals surface area contributed by atoms with Gasteiger partial charge < -0.3 is 24.2 Å². The summed E-state index contributed by atoms with van der Waals surface area (Å²) in [4.78, 5) is 32.5. The Kier molecular flexibility index (Phi) is 8.74. The molecule has 2 heterocycles. The summed E-state index contributed by atoms with van der Waals surface area (Å²) in [6, 6.07) is 19.8. The number of benzene rings is 2. The summed E-state index contributed by atoms with van der Waals surface area (Å²) in [7, 11) is 3.77. The number of thiophene rings is 1. The molecule has 1 aliphatic rings. The highest BCUT2D eigenvalue weighted by Crippen LogP contribution is 2.30. The molecule has 202 valence electrons. The quantitative estimate of drug-likeness (QED) is 0.336. The number of carbonyl (C=O) groups is 2. The van der Waals surface area contributed by atoms with E-state index in [0.717, 1.165) is 28.4 Å². The lowest BCUT2D eigenvalue weighted by molar-refractivity contribution is 0.0148. The van der Waals surface area contributed by atoms with Gasteiger partial charge in [-0.25, -0.2) is 4.79 Å². The fraction of sp³-hybridized carbons (Fsp3) is 0.400. The van der Waals surface area contributed by atoms with Gasteiger partial charge in [0.15, 0.2) is 0 Å². The number of nitrogens with zero attached hydrogens (tertiary/aromatic N) is 3. The van der Waals surface area contributed by atoms with Gasteiger partial charge in [-0.2, -0.15) is 0 Å². The molecule has 0 aliphatic carbocycles. The van der Waals surface area contributed by atoms with Gasteiger partial charge in [-0.1, -0.05) is 30.3 Å². The highest BCUT2D eigenvalue weighted by Gasteiger charge is 2.26. The second-order valence-electron chi connectivity index (χ2n) is 10.6. The summed E-state index contributed by atoms with van der Waals surface area (Å²) in [6.45, 7) is 7.83. The van der Waals surface area contributed by atoms with Gasteiger partial charge in [0.2, 0.25) is 0 Å². The Morgan fingerprint density at radius 3 is 2.61 bits per heavy atom. The predicted molar refractivity (Wildman–Crippen MR) is 153 cm³/mol. The van der Waals surface area contributed by atoms with Crippen LogP contribution in [0.3, 0.4) is 0 Å². The highest BCUT2D eigenvalue weighted by atomic mass is 32.1. The van der Waals surface area contributed by atoms with Crippen LogP contribution in [0.1, 0.15) is 54.1 Å². The average Bonchev–Trinajstić information content (AvgIpc) is 3.38. The molecule has 2 amide bonds. The molecule has 0 spiro atoms. The van der Waals surface area contributed by atoms with E-state index in [4.69, 9.17) is 9.47 Å². The summed E-state index contributed by atoms with van der Waals surface area (Å²) in [6.07, 6.45) is 0.136. The topological polar surface area (TPSA) is 62.3 Å². The molecule has 0 bridgehead atoms. The summed E-state index contributed by atoms with van der Waals surface area (Å²) in [5.41, 5.74) is 2.98. The Morgan fingerprint density at radius 1 is 1.08 bits per heavy atom. The third-order valence-electron chi connectivity index (χ3n) is 6.42. The molecule has 4 rings (SSSR count). The van der Waals surface area contributed by atoms with Gasteiger partial charge >= 0.3 is 6.09 Å². The van der Waals surface area contributed by atoms with E-state index in [2.05, 4.69) is 11.0 Å². The molecule has 0 radical (unpaired) electrons. The van der Waals surface area contributed by atoms with E-state index < -0.39 is 5.60 Å². The van der Waals surface area contributed by atoms with Gasteiger partial charge in [0.1, 0.15) is 5.60 Å². The largest absolute Gasteiger partial charge is 0.444 e. The second kappa shape index (κ2) is 12.0. The van der Waals surface area contributed by atoms with Crippen LogP contribution in [-0.2, 0) is 16.1 Å². The molecule has 1 aromatic heterocycles. The number of ether oxygens (including phenoxy) is 2.